The van der Waals surface area contributed by atoms with Gasteiger partial charge in [-0.15, -0.1) is 0 Å². The minimum atomic E-state index is -0.781. The maximum absolute atomic E-state index is 9.91. The number of carbonyl (C=O) groups is 1. The van der Waals surface area contributed by atoms with Crippen LogP contribution in [0, 0.1) is 5.41 Å². The van der Waals surface area contributed by atoms with Crippen LogP contribution in [0.4, 0.5) is 0 Å². The summed E-state index contributed by atoms with van der Waals surface area (Å²) in [4.78, 5) is 9.91. The van der Waals surface area contributed by atoms with Gasteiger partial charge in [-0.1, -0.05) is 0 Å². The third kappa shape index (κ3) is 7.14. The van der Waals surface area contributed by atoms with Gasteiger partial charge in [0, 0.05) is 12.1 Å². The van der Waals surface area contributed by atoms with Gasteiger partial charge in [-0.2, -0.15) is 0 Å². The van der Waals surface area contributed by atoms with E-state index in [1.807, 2.05) is 0 Å². The monoisotopic (exact) mass is 129 g/mol. The Kier molecular flexibility index (Phi) is 3.67. The molecular formula is C6H11NO2. The number of hydrogen-bond acceptors (Lipinski definition) is 2. The average molecular weight is 129 g/mol. The molecule has 0 aliphatic heterocycles. The molecule has 0 aromatic rings. The first-order valence-corrected chi connectivity index (χ1v) is 2.88. The Morgan fingerprint density at radius 3 is 2.44 bits per heavy atom. The van der Waals surface area contributed by atoms with Crippen LogP contribution in [0.3, 0.4) is 0 Å². The summed E-state index contributed by atoms with van der Waals surface area (Å²) in [5.74, 6) is -0.781. The van der Waals surface area contributed by atoms with Crippen LogP contribution < -0.4 is 0 Å². The summed E-state index contributed by atoms with van der Waals surface area (Å²) in [5, 5.41) is 15.1. The predicted octanol–water partition coefficient (Wildman–Crippen LogP) is 1.28. The van der Waals surface area contributed by atoms with Crippen molar-refractivity contribution in [1.82, 2.24) is 0 Å². The van der Waals surface area contributed by atoms with Crippen LogP contribution in [-0.2, 0) is 4.79 Å². The minimum Gasteiger partial charge on any atom is -0.481 e. The van der Waals surface area contributed by atoms with Gasteiger partial charge in [0.15, 0.2) is 0 Å². The summed E-state index contributed by atoms with van der Waals surface area (Å²) < 4.78 is 0. The van der Waals surface area contributed by atoms with Crippen molar-refractivity contribution in [2.24, 2.45) is 0 Å². The Morgan fingerprint density at radius 1 is 1.56 bits per heavy atom. The second-order valence-corrected chi connectivity index (χ2v) is 2.03. The molecule has 0 aromatic heterocycles. The fraction of sp³-hybridized carbons (Fsp3) is 0.667. The highest BCUT2D eigenvalue weighted by atomic mass is 16.4. The molecule has 0 atom stereocenters. The molecule has 0 rings (SSSR count). The highest BCUT2D eigenvalue weighted by molar-refractivity contribution is 5.79. The van der Waals surface area contributed by atoms with Crippen LogP contribution in [0.1, 0.15) is 26.2 Å². The lowest BCUT2D eigenvalue weighted by atomic mass is 10.2. The average Bonchev–Trinajstić information content (AvgIpc) is 1.63. The largest absolute Gasteiger partial charge is 0.481 e. The van der Waals surface area contributed by atoms with Crippen molar-refractivity contribution in [3.63, 3.8) is 0 Å². The third-order valence-corrected chi connectivity index (χ3v) is 0.942. The second-order valence-electron chi connectivity index (χ2n) is 2.03. The zero-order valence-electron chi connectivity index (χ0n) is 5.48. The fourth-order valence-electron chi connectivity index (χ4n) is 0.505. The van der Waals surface area contributed by atoms with Crippen molar-refractivity contribution in [2.75, 3.05) is 0 Å². The van der Waals surface area contributed by atoms with Gasteiger partial charge in [-0.3, -0.25) is 4.79 Å². The zero-order valence-corrected chi connectivity index (χ0v) is 5.48. The van der Waals surface area contributed by atoms with E-state index >= 15 is 0 Å². The molecule has 0 aliphatic rings. The van der Waals surface area contributed by atoms with Crippen molar-refractivity contribution < 1.29 is 9.90 Å². The lowest BCUT2D eigenvalue weighted by molar-refractivity contribution is -0.137. The Morgan fingerprint density at radius 2 is 2.11 bits per heavy atom. The van der Waals surface area contributed by atoms with Crippen LogP contribution in [-0.4, -0.2) is 16.8 Å². The molecule has 0 unspecified atom stereocenters. The molecule has 0 fully saturated rings. The molecule has 0 radical (unpaired) electrons. The number of nitrogens with one attached hydrogen (secondary N) is 1. The predicted molar refractivity (Wildman–Crippen MR) is 34.9 cm³/mol. The number of aliphatic carboxylic acids is 1. The van der Waals surface area contributed by atoms with Crippen LogP contribution >= 0.6 is 0 Å². The molecule has 52 valence electrons. The molecule has 3 nitrogen and oxygen atoms in total. The van der Waals surface area contributed by atoms with Crippen molar-refractivity contribution >= 4 is 11.7 Å². The van der Waals surface area contributed by atoms with E-state index in [0.29, 0.717) is 18.6 Å². The molecule has 0 spiro atoms. The quantitative estimate of drug-likeness (QED) is 0.561. The van der Waals surface area contributed by atoms with Crippen LogP contribution in [0.15, 0.2) is 0 Å². The molecule has 0 aliphatic carbocycles. The summed E-state index contributed by atoms with van der Waals surface area (Å²) in [6, 6.07) is 0. The molecule has 0 saturated heterocycles. The van der Waals surface area contributed by atoms with Gasteiger partial charge in [0.2, 0.25) is 0 Å². The highest BCUT2D eigenvalue weighted by Gasteiger charge is 1.95. The summed E-state index contributed by atoms with van der Waals surface area (Å²) in [6.45, 7) is 1.68. The Labute approximate surface area is 54.2 Å². The second kappa shape index (κ2) is 4.06. The van der Waals surface area contributed by atoms with Gasteiger partial charge in [-0.05, 0) is 19.8 Å². The van der Waals surface area contributed by atoms with Gasteiger partial charge in [0.25, 0.3) is 0 Å². The summed E-state index contributed by atoms with van der Waals surface area (Å²) in [6.07, 6.45) is 1.37. The van der Waals surface area contributed by atoms with E-state index in [1.54, 1.807) is 6.92 Å². The first kappa shape index (κ1) is 8.14. The first-order chi connectivity index (χ1) is 4.13. The van der Waals surface area contributed by atoms with Crippen molar-refractivity contribution in [3.8, 4) is 0 Å². The van der Waals surface area contributed by atoms with Crippen molar-refractivity contribution in [3.05, 3.63) is 0 Å². The topological polar surface area (TPSA) is 61.2 Å². The maximum Gasteiger partial charge on any atom is 0.303 e. The van der Waals surface area contributed by atoms with Crippen molar-refractivity contribution in [1.29, 1.82) is 5.41 Å². The molecule has 0 aromatic carbocycles. The SMILES string of the molecule is CC(=N)CCCC(=O)O. The lowest BCUT2D eigenvalue weighted by Crippen LogP contribution is -1.96. The molecule has 0 bridgehead atoms. The molecule has 0 saturated carbocycles. The summed E-state index contributed by atoms with van der Waals surface area (Å²) in [5.41, 5.74) is 0.552. The van der Waals surface area contributed by atoms with E-state index in [-0.39, 0.29) is 6.42 Å². The minimum absolute atomic E-state index is 0.177. The van der Waals surface area contributed by atoms with Gasteiger partial charge in [0.1, 0.15) is 0 Å². The summed E-state index contributed by atoms with van der Waals surface area (Å²) >= 11 is 0. The normalized spacial score (nSPS) is 9.00. The number of hydrogen-bond donors (Lipinski definition) is 2. The van der Waals surface area contributed by atoms with Crippen LogP contribution in [0.2, 0.25) is 0 Å². The molecule has 0 heterocycles. The van der Waals surface area contributed by atoms with Gasteiger partial charge < -0.3 is 10.5 Å². The molecule has 3 heteroatoms. The van der Waals surface area contributed by atoms with Crippen LogP contribution in [0.25, 0.3) is 0 Å². The lowest BCUT2D eigenvalue weighted by Gasteiger charge is -1.92. The maximum atomic E-state index is 9.91. The Balaban J connectivity index is 3.10. The Hall–Kier alpha value is -0.860. The highest BCUT2D eigenvalue weighted by Crippen LogP contribution is 1.95. The number of carboxylic acid groups (broad SMARTS) is 1. The number of carboxylic acids is 1. The fourth-order valence-corrected chi connectivity index (χ4v) is 0.505. The summed E-state index contributed by atoms with van der Waals surface area (Å²) in [7, 11) is 0. The van der Waals surface area contributed by atoms with Gasteiger partial charge in [0.05, 0.1) is 0 Å². The van der Waals surface area contributed by atoms with E-state index in [0.717, 1.165) is 0 Å². The van der Waals surface area contributed by atoms with Gasteiger partial charge >= 0.3 is 5.97 Å². The first-order valence-electron chi connectivity index (χ1n) is 2.88. The zero-order chi connectivity index (χ0) is 7.28. The van der Waals surface area contributed by atoms with E-state index < -0.39 is 5.97 Å². The van der Waals surface area contributed by atoms with E-state index in [2.05, 4.69) is 0 Å². The third-order valence-electron chi connectivity index (χ3n) is 0.942. The molecular weight excluding hydrogens is 118 g/mol. The molecule has 9 heavy (non-hydrogen) atoms. The van der Waals surface area contributed by atoms with E-state index in [1.165, 1.54) is 0 Å². The Bertz CT molecular complexity index is 106. The van der Waals surface area contributed by atoms with Crippen molar-refractivity contribution in [2.45, 2.75) is 26.2 Å². The molecule has 0 amide bonds. The number of rotatable bonds is 4. The van der Waals surface area contributed by atoms with E-state index in [4.69, 9.17) is 10.5 Å². The van der Waals surface area contributed by atoms with Gasteiger partial charge in [-0.25, -0.2) is 0 Å². The van der Waals surface area contributed by atoms with E-state index in [9.17, 15) is 4.79 Å². The van der Waals surface area contributed by atoms with Crippen LogP contribution in [0.5, 0.6) is 0 Å². The smallest absolute Gasteiger partial charge is 0.303 e. The molecule has 2 N–H and O–H groups in total. The standard InChI is InChI=1S/C6H11NO2/c1-5(7)3-2-4-6(8)9/h7H,2-4H2,1H3,(H,8,9).